The highest BCUT2D eigenvalue weighted by atomic mass is 31.0. The quantitative estimate of drug-likeness (QED) is 0.0617. The molecule has 0 aromatic heterocycles. The van der Waals surface area contributed by atoms with Gasteiger partial charge in [0.25, 0.3) is 16.7 Å². The van der Waals surface area contributed by atoms with Gasteiger partial charge < -0.3 is 0 Å². The van der Waals surface area contributed by atoms with Crippen molar-refractivity contribution >= 4 is 18.5 Å². The second kappa shape index (κ2) is 14.4. The third-order valence-electron chi connectivity index (χ3n) is 7.61. The molecule has 0 saturated carbocycles. The van der Waals surface area contributed by atoms with Crippen molar-refractivity contribution < 1.29 is 92.2 Å². The van der Waals surface area contributed by atoms with Crippen LogP contribution in [0.1, 0.15) is 85.0 Å². The summed E-state index contributed by atoms with van der Waals surface area (Å²) in [5.74, 6) is -72.3. The Morgan fingerprint density at radius 2 is 0.604 bits per heavy atom. The van der Waals surface area contributed by atoms with E-state index >= 15 is 0 Å². The zero-order valence-corrected chi connectivity index (χ0v) is 27.5. The van der Waals surface area contributed by atoms with Gasteiger partial charge in [0.2, 0.25) is 0 Å². The molecule has 0 heterocycles. The van der Waals surface area contributed by atoms with E-state index in [1.807, 2.05) is 6.92 Å². The molecule has 0 aliphatic carbocycles. The third-order valence-corrected chi connectivity index (χ3v) is 9.12. The molecule has 0 amide bonds. The van der Waals surface area contributed by atoms with E-state index in [1.54, 1.807) is 0 Å². The van der Waals surface area contributed by atoms with Gasteiger partial charge in [-0.15, -0.1) is 0 Å². The molecule has 290 valence electrons. The molecule has 0 spiro atoms. The fourth-order valence-electron chi connectivity index (χ4n) is 4.12. The molecule has 4 unspecified atom stereocenters. The Balaban J connectivity index is 6.61. The van der Waals surface area contributed by atoms with Crippen LogP contribution < -0.4 is 0 Å². The van der Waals surface area contributed by atoms with Gasteiger partial charge in [-0.1, -0.05) is 76.8 Å². The van der Waals surface area contributed by atoms with E-state index in [0.717, 1.165) is 19.3 Å². The second-order valence-corrected chi connectivity index (χ2v) is 13.4. The molecule has 0 saturated heterocycles. The van der Waals surface area contributed by atoms with Crippen molar-refractivity contribution in [1.29, 1.82) is 0 Å². The molecule has 0 aromatic rings. The predicted octanol–water partition coefficient (Wildman–Crippen LogP) is 12.5. The van der Waals surface area contributed by atoms with E-state index in [1.165, 1.54) is 0 Å². The molecule has 4 atom stereocenters. The van der Waals surface area contributed by atoms with E-state index in [0.29, 0.717) is 19.3 Å². The van der Waals surface area contributed by atoms with Gasteiger partial charge in [0.1, 0.15) is 0 Å². The van der Waals surface area contributed by atoms with Gasteiger partial charge in [-0.05, 0) is 20.3 Å². The topological polar surface area (TPSA) is 0 Å². The van der Waals surface area contributed by atoms with Crippen molar-refractivity contribution in [2.45, 2.75) is 155 Å². The molecule has 0 aliphatic heterocycles. The summed E-state index contributed by atoms with van der Waals surface area (Å²) in [6.07, 6.45) is 1.14. The number of alkyl halides is 21. The molecule has 0 fully saturated rings. The Morgan fingerprint density at radius 3 is 0.917 bits per heavy atom. The van der Waals surface area contributed by atoms with Crippen LogP contribution in [-0.4, -0.2) is 69.8 Å². The fraction of sp³-hybridized carbons (Fsp3) is 1.00. The lowest BCUT2D eigenvalue weighted by Crippen LogP contribution is -2.78. The molecule has 48 heavy (non-hydrogen) atoms. The molecule has 0 N–H and O–H groups in total. The summed E-state index contributed by atoms with van der Waals surface area (Å²) < 4.78 is 299. The van der Waals surface area contributed by atoms with Crippen LogP contribution in [-0.2, 0) is 0 Å². The molecule has 0 bridgehead atoms. The van der Waals surface area contributed by atoms with Gasteiger partial charge in [-0.25, -0.2) is 22.0 Å². The largest absolute Gasteiger partial charge is 0.384 e. The molecule has 0 aromatic carbocycles. The van der Waals surface area contributed by atoms with Crippen molar-refractivity contribution in [3.63, 3.8) is 0 Å². The van der Waals surface area contributed by atoms with Gasteiger partial charge >= 0.3 is 47.4 Å². The average Bonchev–Trinajstić information content (AvgIpc) is 2.90. The summed E-state index contributed by atoms with van der Waals surface area (Å²) in [6.45, 7) is 0.462. The van der Waals surface area contributed by atoms with Crippen molar-refractivity contribution in [3.8, 4) is 0 Å². The molecule has 0 aliphatic rings. The van der Waals surface area contributed by atoms with Crippen LogP contribution in [0, 0.1) is 0 Å². The van der Waals surface area contributed by atoms with E-state index in [-0.39, 0.29) is 22.1 Å². The highest BCUT2D eigenvalue weighted by Gasteiger charge is 2.97. The van der Waals surface area contributed by atoms with E-state index in [4.69, 9.17) is 0 Å². The summed E-state index contributed by atoms with van der Waals surface area (Å²) in [5, 5.41) is -13.4. The molecular formula is C25H33F21P2. The third kappa shape index (κ3) is 7.34. The number of halogens is 21. The van der Waals surface area contributed by atoms with Crippen LogP contribution in [0.5, 0.6) is 0 Å². The van der Waals surface area contributed by atoms with Gasteiger partial charge in [0.15, 0.2) is 5.67 Å². The average molecular weight is 794 g/mol. The van der Waals surface area contributed by atoms with E-state index in [9.17, 15) is 92.2 Å². The minimum absolute atomic E-state index is 0.122. The van der Waals surface area contributed by atoms with Crippen molar-refractivity contribution in [2.24, 2.45) is 0 Å². The zero-order valence-electron chi connectivity index (χ0n) is 25.2. The lowest BCUT2D eigenvalue weighted by Gasteiger charge is -2.48. The highest BCUT2D eigenvalue weighted by Crippen LogP contribution is 2.69. The zero-order chi connectivity index (χ0) is 39.1. The SMILES string of the molecule is CCCCCCCCCCCC(F)(F)C(F)(P)C(F)(F)C(F)(P)C(F)(F)C(F)(F)C(F)(F)C(F)(F)C(F)(F)C(F)(F)C(F)(F)C(C)(C)F. The standard InChI is InChI=1S/C25H33F21P2/c1-4-5-6-7-8-9-10-11-12-13-15(27,28)24(45,47)23(43,44)25(46,48)22(41,42)21(39,40)20(37,38)19(35,36)18(33,34)17(31,32)16(29,30)14(2,3)26/h4-13,47-48H2,1-3H3. The Hall–Kier alpha value is -0.610. The van der Waals surface area contributed by atoms with Crippen LogP contribution in [0.3, 0.4) is 0 Å². The highest BCUT2D eigenvalue weighted by molar-refractivity contribution is 7.20. The number of hydrogen-bond donors (Lipinski definition) is 0. The van der Waals surface area contributed by atoms with Crippen LogP contribution >= 0.6 is 18.5 Å². The summed E-state index contributed by atoms with van der Waals surface area (Å²) >= 11 is 0. The van der Waals surface area contributed by atoms with Crippen molar-refractivity contribution in [2.75, 3.05) is 0 Å². The minimum Gasteiger partial charge on any atom is -0.238 e. The lowest BCUT2D eigenvalue weighted by atomic mass is 9.83. The molecule has 23 heteroatoms. The molecule has 0 nitrogen and oxygen atoms in total. The maximum atomic E-state index is 14.9. The fourth-order valence-corrected chi connectivity index (χ4v) is 5.03. The maximum absolute atomic E-state index is 14.9. The Bertz CT molecular complexity index is 1050. The van der Waals surface area contributed by atoms with Crippen molar-refractivity contribution in [1.82, 2.24) is 0 Å². The summed E-state index contributed by atoms with van der Waals surface area (Å²) in [5.41, 5.74) is -5.06. The summed E-state index contributed by atoms with van der Waals surface area (Å²) in [6, 6.07) is 0. The monoisotopic (exact) mass is 794 g/mol. The first-order valence-electron chi connectivity index (χ1n) is 13.9. The number of hydrogen-bond acceptors (Lipinski definition) is 0. The minimum atomic E-state index is -8.98. The van der Waals surface area contributed by atoms with Crippen LogP contribution in [0.25, 0.3) is 0 Å². The Labute approximate surface area is 266 Å². The molecule has 0 rings (SSSR count). The van der Waals surface area contributed by atoms with E-state index in [2.05, 4.69) is 0 Å². The van der Waals surface area contributed by atoms with Crippen LogP contribution in [0.15, 0.2) is 0 Å². The predicted molar refractivity (Wildman–Crippen MR) is 139 cm³/mol. The maximum Gasteiger partial charge on any atom is 0.384 e. The summed E-state index contributed by atoms with van der Waals surface area (Å²) in [7, 11) is -1.01. The Kier molecular flexibility index (Phi) is 14.2. The molecular weight excluding hydrogens is 761 g/mol. The van der Waals surface area contributed by atoms with Gasteiger partial charge in [0, 0.05) is 6.42 Å². The van der Waals surface area contributed by atoms with Gasteiger partial charge in [-0.2, -0.15) is 70.2 Å². The first kappa shape index (κ1) is 47.4. The van der Waals surface area contributed by atoms with Crippen LogP contribution in [0.4, 0.5) is 92.2 Å². The van der Waals surface area contributed by atoms with Crippen molar-refractivity contribution in [3.05, 3.63) is 0 Å². The lowest BCUT2D eigenvalue weighted by molar-refractivity contribution is -0.455. The first-order chi connectivity index (χ1) is 20.8. The smallest absolute Gasteiger partial charge is 0.238 e. The van der Waals surface area contributed by atoms with Crippen LogP contribution in [0.2, 0.25) is 0 Å². The Morgan fingerprint density at radius 1 is 0.333 bits per heavy atom. The normalized spacial score (nSPS) is 18.1. The summed E-state index contributed by atoms with van der Waals surface area (Å²) in [4.78, 5) is 0. The van der Waals surface area contributed by atoms with Gasteiger partial charge in [-0.3, -0.25) is 0 Å². The first-order valence-corrected chi connectivity index (χ1v) is 15.0. The molecule has 0 radical (unpaired) electrons. The number of rotatable bonds is 21. The van der Waals surface area contributed by atoms with Gasteiger partial charge in [0.05, 0.1) is 0 Å². The van der Waals surface area contributed by atoms with E-state index < -0.39 is 106 Å². The number of unbranched alkanes of at least 4 members (excludes halogenated alkanes) is 8. The second-order valence-electron chi connectivity index (χ2n) is 11.8.